The molecule has 4 aliphatic rings. The van der Waals surface area contributed by atoms with Crippen molar-refractivity contribution in [3.63, 3.8) is 0 Å². The summed E-state index contributed by atoms with van der Waals surface area (Å²) in [6.07, 6.45) is 13.9. The Morgan fingerprint density at radius 3 is 2.57 bits per heavy atom. The van der Waals surface area contributed by atoms with E-state index in [1.807, 2.05) is 0 Å². The number of rotatable bonds is 2. The lowest BCUT2D eigenvalue weighted by atomic mass is 9.69. The van der Waals surface area contributed by atoms with E-state index in [0.29, 0.717) is 6.10 Å². The van der Waals surface area contributed by atoms with Crippen LogP contribution < -0.4 is 0 Å². The first-order valence-corrected chi connectivity index (χ1v) is 9.37. The number of nitrogens with zero attached hydrogens (tertiary/aromatic N) is 1. The van der Waals surface area contributed by atoms with Crippen LogP contribution in [0.25, 0.3) is 0 Å². The van der Waals surface area contributed by atoms with Crippen molar-refractivity contribution in [3.05, 3.63) is 0 Å². The van der Waals surface area contributed by atoms with Gasteiger partial charge >= 0.3 is 0 Å². The molecule has 1 spiro atoms. The molecule has 2 heterocycles. The van der Waals surface area contributed by atoms with Gasteiger partial charge in [-0.1, -0.05) is 25.7 Å². The van der Waals surface area contributed by atoms with E-state index >= 15 is 0 Å². The van der Waals surface area contributed by atoms with Crippen molar-refractivity contribution in [1.82, 2.24) is 4.90 Å². The first-order chi connectivity index (χ1) is 10.3. The second-order valence-electron chi connectivity index (χ2n) is 7.87. The summed E-state index contributed by atoms with van der Waals surface area (Å²) in [7, 11) is 0. The third kappa shape index (κ3) is 3.16. The Balaban J connectivity index is 1.32. The van der Waals surface area contributed by atoms with Crippen LogP contribution in [-0.4, -0.2) is 43.0 Å². The Morgan fingerprint density at radius 1 is 0.905 bits per heavy atom. The van der Waals surface area contributed by atoms with Crippen LogP contribution in [0.3, 0.4) is 0 Å². The number of likely N-dealkylation sites (tertiary alicyclic amines) is 1. The van der Waals surface area contributed by atoms with E-state index in [0.717, 1.165) is 31.4 Å². The van der Waals surface area contributed by atoms with Gasteiger partial charge in [0.05, 0.1) is 12.7 Å². The zero-order valence-electron chi connectivity index (χ0n) is 13.4. The van der Waals surface area contributed by atoms with E-state index in [-0.39, 0.29) is 5.79 Å². The van der Waals surface area contributed by atoms with Crippen molar-refractivity contribution in [2.45, 2.75) is 76.1 Å². The highest BCUT2D eigenvalue weighted by Gasteiger charge is 2.48. The van der Waals surface area contributed by atoms with Crippen molar-refractivity contribution in [2.75, 3.05) is 26.2 Å². The van der Waals surface area contributed by atoms with Gasteiger partial charge in [0, 0.05) is 19.4 Å². The van der Waals surface area contributed by atoms with Gasteiger partial charge in [0.1, 0.15) is 0 Å². The van der Waals surface area contributed by atoms with Crippen molar-refractivity contribution in [3.8, 4) is 0 Å². The van der Waals surface area contributed by atoms with E-state index in [1.54, 1.807) is 0 Å². The Hall–Kier alpha value is -0.120. The number of piperidine rings is 1. The van der Waals surface area contributed by atoms with E-state index < -0.39 is 0 Å². The quantitative estimate of drug-likeness (QED) is 0.777. The molecule has 2 aliphatic heterocycles. The van der Waals surface area contributed by atoms with Crippen LogP contribution in [0, 0.1) is 11.8 Å². The summed E-state index contributed by atoms with van der Waals surface area (Å²) in [5.74, 6) is 1.65. The van der Waals surface area contributed by atoms with Gasteiger partial charge < -0.3 is 14.4 Å². The minimum Gasteiger partial charge on any atom is -0.347 e. The average molecular weight is 293 g/mol. The van der Waals surface area contributed by atoms with Crippen molar-refractivity contribution < 1.29 is 9.47 Å². The summed E-state index contributed by atoms with van der Waals surface area (Å²) >= 11 is 0. The van der Waals surface area contributed by atoms with Crippen LogP contribution in [0.5, 0.6) is 0 Å². The largest absolute Gasteiger partial charge is 0.347 e. The monoisotopic (exact) mass is 293 g/mol. The maximum atomic E-state index is 6.48. The molecule has 4 rings (SSSR count). The third-order valence-corrected chi connectivity index (χ3v) is 6.36. The second-order valence-corrected chi connectivity index (χ2v) is 7.87. The summed E-state index contributed by atoms with van der Waals surface area (Å²) in [6.45, 7) is 4.44. The molecule has 21 heavy (non-hydrogen) atoms. The topological polar surface area (TPSA) is 21.7 Å². The van der Waals surface area contributed by atoms with E-state index in [2.05, 4.69) is 4.90 Å². The van der Waals surface area contributed by atoms with Gasteiger partial charge in [0.15, 0.2) is 5.79 Å². The maximum absolute atomic E-state index is 6.48. The van der Waals surface area contributed by atoms with Crippen LogP contribution in [0.1, 0.15) is 64.2 Å². The molecule has 2 aliphatic carbocycles. The van der Waals surface area contributed by atoms with Crippen LogP contribution >= 0.6 is 0 Å². The van der Waals surface area contributed by atoms with Gasteiger partial charge in [-0.15, -0.1) is 0 Å². The number of hydrogen-bond acceptors (Lipinski definition) is 3. The molecule has 120 valence electrons. The van der Waals surface area contributed by atoms with E-state index in [9.17, 15) is 0 Å². The Morgan fingerprint density at radius 2 is 1.71 bits per heavy atom. The van der Waals surface area contributed by atoms with Gasteiger partial charge in [0.2, 0.25) is 0 Å². The lowest BCUT2D eigenvalue weighted by Crippen LogP contribution is -2.43. The molecular formula is C18H31NO2. The molecule has 0 unspecified atom stereocenters. The minimum atomic E-state index is -0.195. The summed E-state index contributed by atoms with van der Waals surface area (Å²) in [6, 6.07) is 0. The fourth-order valence-electron chi connectivity index (χ4n) is 5.21. The molecule has 3 nitrogen and oxygen atoms in total. The average Bonchev–Trinajstić information content (AvgIpc) is 2.90. The maximum Gasteiger partial charge on any atom is 0.169 e. The Kier molecular flexibility index (Phi) is 4.25. The number of fused-ring (bicyclic) bond motifs is 1. The predicted octanol–water partition coefficient (Wildman–Crippen LogP) is 3.57. The van der Waals surface area contributed by atoms with Crippen molar-refractivity contribution in [1.29, 1.82) is 0 Å². The fourth-order valence-corrected chi connectivity index (χ4v) is 5.21. The molecule has 2 saturated heterocycles. The van der Waals surface area contributed by atoms with Crippen LogP contribution in [0.4, 0.5) is 0 Å². The molecule has 0 N–H and O–H groups in total. The highest BCUT2D eigenvalue weighted by molar-refractivity contribution is 4.92. The van der Waals surface area contributed by atoms with Crippen molar-refractivity contribution >= 4 is 0 Å². The lowest BCUT2D eigenvalue weighted by molar-refractivity contribution is -0.208. The van der Waals surface area contributed by atoms with E-state index in [4.69, 9.17) is 9.47 Å². The number of ether oxygens (including phenoxy) is 2. The van der Waals surface area contributed by atoms with Gasteiger partial charge in [-0.25, -0.2) is 0 Å². The molecule has 3 heteroatoms. The molecular weight excluding hydrogens is 262 g/mol. The van der Waals surface area contributed by atoms with Crippen molar-refractivity contribution in [2.24, 2.45) is 11.8 Å². The summed E-state index contributed by atoms with van der Waals surface area (Å²) in [5, 5.41) is 0. The molecule has 0 aromatic rings. The zero-order valence-corrected chi connectivity index (χ0v) is 13.4. The lowest BCUT2D eigenvalue weighted by Gasteiger charge is -2.43. The molecule has 0 aromatic carbocycles. The highest BCUT2D eigenvalue weighted by atomic mass is 16.7. The molecule has 0 radical (unpaired) electrons. The SMILES string of the molecule is C1CCN(C[C@@H]2CO[C@]3(CC[C@H]4CCCC[C@H]4C3)O2)CC1. The van der Waals surface area contributed by atoms with Gasteiger partial charge in [-0.2, -0.15) is 0 Å². The molecule has 0 bridgehead atoms. The van der Waals surface area contributed by atoms with Gasteiger partial charge in [-0.05, 0) is 50.6 Å². The first-order valence-electron chi connectivity index (χ1n) is 9.37. The first kappa shape index (κ1) is 14.5. The fraction of sp³-hybridized carbons (Fsp3) is 1.00. The van der Waals surface area contributed by atoms with Gasteiger partial charge in [-0.3, -0.25) is 0 Å². The highest BCUT2D eigenvalue weighted by Crippen LogP contribution is 2.48. The third-order valence-electron chi connectivity index (χ3n) is 6.36. The van der Waals surface area contributed by atoms with E-state index in [1.165, 1.54) is 70.9 Å². The van der Waals surface area contributed by atoms with Crippen LogP contribution in [0.2, 0.25) is 0 Å². The van der Waals surface area contributed by atoms with Crippen LogP contribution in [0.15, 0.2) is 0 Å². The molecule has 0 aromatic heterocycles. The molecule has 0 amide bonds. The Labute approximate surface area is 129 Å². The van der Waals surface area contributed by atoms with Gasteiger partial charge in [0.25, 0.3) is 0 Å². The zero-order chi connectivity index (χ0) is 14.1. The predicted molar refractivity (Wildman–Crippen MR) is 83.1 cm³/mol. The van der Waals surface area contributed by atoms with Crippen LogP contribution in [-0.2, 0) is 9.47 Å². The molecule has 2 saturated carbocycles. The molecule has 4 atom stereocenters. The molecule has 4 fully saturated rings. The number of hydrogen-bond donors (Lipinski definition) is 0. The Bertz CT molecular complexity index is 355. The standard InChI is InChI=1S/C18H31NO2/c1-4-10-19(11-5-1)13-17-14-20-18(21-17)9-8-15-6-2-3-7-16(15)12-18/h15-17H,1-14H2/t15-,16+,17-,18-/m1/s1. The smallest absolute Gasteiger partial charge is 0.169 e. The summed E-state index contributed by atoms with van der Waals surface area (Å²) < 4.78 is 12.7. The second kappa shape index (κ2) is 6.17. The normalized spacial score (nSPS) is 44.9. The minimum absolute atomic E-state index is 0.195. The summed E-state index contributed by atoms with van der Waals surface area (Å²) in [4.78, 5) is 2.59. The summed E-state index contributed by atoms with van der Waals surface area (Å²) in [5.41, 5.74) is 0.